The summed E-state index contributed by atoms with van der Waals surface area (Å²) >= 11 is 0. The zero-order chi connectivity index (χ0) is 6.69. The van der Waals surface area contributed by atoms with Crippen LogP contribution in [0.3, 0.4) is 0 Å². The van der Waals surface area contributed by atoms with Crippen molar-refractivity contribution < 1.29 is 4.79 Å². The Morgan fingerprint density at radius 1 is 1.78 bits per heavy atom. The molecule has 0 saturated heterocycles. The van der Waals surface area contributed by atoms with E-state index in [1.54, 1.807) is 0 Å². The lowest BCUT2D eigenvalue weighted by atomic mass is 10.6. The van der Waals surface area contributed by atoms with E-state index in [1.165, 1.54) is 0 Å². The molecule has 1 amide bonds. The lowest BCUT2D eigenvalue weighted by Gasteiger charge is -1.86. The summed E-state index contributed by atoms with van der Waals surface area (Å²) in [5.74, 6) is 4.10. The van der Waals surface area contributed by atoms with Crippen LogP contribution in [0, 0.1) is 0 Å². The van der Waals surface area contributed by atoms with Crippen molar-refractivity contribution in [1.29, 1.82) is 0 Å². The quantitative estimate of drug-likeness (QED) is 0.226. The number of amides is 1. The van der Waals surface area contributed by atoms with Gasteiger partial charge in [-0.1, -0.05) is 0 Å². The topological polar surface area (TPSA) is 110 Å². The number of nitrogen functional groups attached to an aromatic ring is 1. The summed E-state index contributed by atoms with van der Waals surface area (Å²) in [5.41, 5.74) is 1.84. The molecule has 1 aromatic heterocycles. The number of hydrogen-bond donors (Lipinski definition) is 3. The molecule has 0 spiro atoms. The van der Waals surface area contributed by atoms with Gasteiger partial charge in [0.05, 0.1) is 0 Å². The highest BCUT2D eigenvalue weighted by atomic mass is 16.2. The minimum absolute atomic E-state index is 0.0718. The van der Waals surface area contributed by atoms with E-state index in [0.717, 1.165) is 0 Å². The van der Waals surface area contributed by atoms with Crippen LogP contribution in [-0.2, 0) is 0 Å². The molecule has 7 heteroatoms. The molecule has 7 nitrogen and oxygen atoms in total. The second-order valence-electron chi connectivity index (χ2n) is 1.21. The van der Waals surface area contributed by atoms with Crippen molar-refractivity contribution in [2.75, 3.05) is 0 Å². The SMILES string of the molecule is NNC(=O)c1nn[nH]n1. The average molecular weight is 128 g/mol. The zero-order valence-corrected chi connectivity index (χ0v) is 4.33. The highest BCUT2D eigenvalue weighted by Gasteiger charge is 2.06. The summed E-state index contributed by atoms with van der Waals surface area (Å²) in [4.78, 5) is 10.5. The van der Waals surface area contributed by atoms with Gasteiger partial charge in [0.2, 0.25) is 0 Å². The molecule has 1 heterocycles. The fraction of sp³-hybridized carbons (Fsp3) is 0. The number of nitrogens with one attached hydrogen (secondary N) is 2. The molecule has 0 aliphatic heterocycles. The summed E-state index contributed by atoms with van der Waals surface area (Å²) in [6.45, 7) is 0. The van der Waals surface area contributed by atoms with Crippen LogP contribution in [0.1, 0.15) is 10.6 Å². The highest BCUT2D eigenvalue weighted by molar-refractivity contribution is 5.89. The first-order valence-electron chi connectivity index (χ1n) is 2.09. The maximum Gasteiger partial charge on any atom is 0.306 e. The van der Waals surface area contributed by atoms with Gasteiger partial charge in [-0.3, -0.25) is 10.2 Å². The Hall–Kier alpha value is -1.50. The van der Waals surface area contributed by atoms with Crippen molar-refractivity contribution in [3.63, 3.8) is 0 Å². The fourth-order valence-electron chi connectivity index (χ4n) is 0.323. The Labute approximate surface area is 49.6 Å². The lowest BCUT2D eigenvalue weighted by Crippen LogP contribution is -2.30. The van der Waals surface area contributed by atoms with Gasteiger partial charge in [0.25, 0.3) is 5.82 Å². The van der Waals surface area contributed by atoms with E-state index in [9.17, 15) is 4.79 Å². The standard InChI is InChI=1S/C2H4N6O/c3-4-2(9)1-5-7-8-6-1/h3H2,(H,4,9)(H,5,6,7,8). The first kappa shape index (κ1) is 5.63. The first-order chi connectivity index (χ1) is 4.34. The van der Waals surface area contributed by atoms with Crippen molar-refractivity contribution in [3.05, 3.63) is 5.82 Å². The van der Waals surface area contributed by atoms with Crippen LogP contribution < -0.4 is 11.3 Å². The molecule has 0 atom stereocenters. The van der Waals surface area contributed by atoms with Crippen molar-refractivity contribution in [3.8, 4) is 0 Å². The maximum atomic E-state index is 10.5. The van der Waals surface area contributed by atoms with Crippen LogP contribution in [0.5, 0.6) is 0 Å². The molecule has 0 aliphatic carbocycles. The monoisotopic (exact) mass is 128 g/mol. The number of aromatic nitrogens is 4. The number of tetrazole rings is 1. The lowest BCUT2D eigenvalue weighted by molar-refractivity contribution is 0.0943. The van der Waals surface area contributed by atoms with Crippen LogP contribution in [0.15, 0.2) is 0 Å². The minimum Gasteiger partial charge on any atom is -0.287 e. The first-order valence-corrected chi connectivity index (χ1v) is 2.09. The van der Waals surface area contributed by atoms with Crippen LogP contribution in [0.25, 0.3) is 0 Å². The Morgan fingerprint density at radius 3 is 3.00 bits per heavy atom. The predicted molar refractivity (Wildman–Crippen MR) is 25.8 cm³/mol. The molecule has 0 aromatic carbocycles. The van der Waals surface area contributed by atoms with E-state index >= 15 is 0 Å². The van der Waals surface area contributed by atoms with Gasteiger partial charge in [-0.25, -0.2) is 5.84 Å². The normalized spacial score (nSPS) is 9.00. The molecule has 48 valence electrons. The van der Waals surface area contributed by atoms with E-state index in [-0.39, 0.29) is 5.82 Å². The summed E-state index contributed by atoms with van der Waals surface area (Å²) in [6.07, 6.45) is 0. The van der Waals surface area contributed by atoms with Crippen molar-refractivity contribution >= 4 is 5.91 Å². The van der Waals surface area contributed by atoms with Crippen LogP contribution in [-0.4, -0.2) is 26.5 Å². The number of aromatic amines is 1. The van der Waals surface area contributed by atoms with Gasteiger partial charge in [-0.2, -0.15) is 5.21 Å². The molecule has 1 rings (SSSR count). The smallest absolute Gasteiger partial charge is 0.287 e. The fourth-order valence-corrected chi connectivity index (χ4v) is 0.323. The number of H-pyrrole nitrogens is 1. The summed E-state index contributed by atoms with van der Waals surface area (Å²) in [5, 5.41) is 11.9. The Balaban J connectivity index is 2.77. The van der Waals surface area contributed by atoms with Gasteiger partial charge < -0.3 is 0 Å². The Kier molecular flexibility index (Phi) is 1.36. The van der Waals surface area contributed by atoms with Gasteiger partial charge in [0.1, 0.15) is 0 Å². The Bertz CT molecular complexity index is 191. The number of carbonyl (C=O) groups excluding carboxylic acids is 1. The highest BCUT2D eigenvalue weighted by Crippen LogP contribution is 1.77. The zero-order valence-electron chi connectivity index (χ0n) is 4.33. The number of carbonyl (C=O) groups is 1. The van der Waals surface area contributed by atoms with Gasteiger partial charge in [-0.15, -0.1) is 10.2 Å². The van der Waals surface area contributed by atoms with Gasteiger partial charge in [0, 0.05) is 0 Å². The van der Waals surface area contributed by atoms with E-state index < -0.39 is 5.91 Å². The predicted octanol–water partition coefficient (Wildman–Crippen LogP) is -2.20. The largest absolute Gasteiger partial charge is 0.306 e. The van der Waals surface area contributed by atoms with E-state index in [2.05, 4.69) is 20.6 Å². The summed E-state index contributed by atoms with van der Waals surface area (Å²) in [6, 6.07) is 0. The van der Waals surface area contributed by atoms with Crippen LogP contribution >= 0.6 is 0 Å². The number of hydrazine groups is 1. The van der Waals surface area contributed by atoms with Crippen LogP contribution in [0.4, 0.5) is 0 Å². The number of nitrogens with two attached hydrogens (primary N) is 1. The number of nitrogens with zero attached hydrogens (tertiary/aromatic N) is 3. The Morgan fingerprint density at radius 2 is 2.56 bits per heavy atom. The molecule has 1 aromatic rings. The summed E-state index contributed by atoms with van der Waals surface area (Å²) in [7, 11) is 0. The third-order valence-corrected chi connectivity index (χ3v) is 0.680. The van der Waals surface area contributed by atoms with Gasteiger partial charge >= 0.3 is 5.91 Å². The molecule has 0 radical (unpaired) electrons. The van der Waals surface area contributed by atoms with Crippen molar-refractivity contribution in [1.82, 2.24) is 26.0 Å². The molecule has 0 saturated carbocycles. The van der Waals surface area contributed by atoms with E-state index in [4.69, 9.17) is 5.84 Å². The molecule has 0 aliphatic rings. The molecule has 9 heavy (non-hydrogen) atoms. The third-order valence-electron chi connectivity index (χ3n) is 0.680. The van der Waals surface area contributed by atoms with E-state index in [0.29, 0.717) is 0 Å². The van der Waals surface area contributed by atoms with Gasteiger partial charge in [-0.05, 0) is 5.21 Å². The molecule has 0 fully saturated rings. The molecule has 4 N–H and O–H groups in total. The van der Waals surface area contributed by atoms with Crippen LogP contribution in [0.2, 0.25) is 0 Å². The molecule has 0 unspecified atom stereocenters. The molecular formula is C2H4N6O. The van der Waals surface area contributed by atoms with Crippen molar-refractivity contribution in [2.24, 2.45) is 5.84 Å². The second-order valence-corrected chi connectivity index (χ2v) is 1.21. The second kappa shape index (κ2) is 2.18. The minimum atomic E-state index is -0.566. The van der Waals surface area contributed by atoms with Crippen molar-refractivity contribution in [2.45, 2.75) is 0 Å². The number of hydrogen-bond acceptors (Lipinski definition) is 5. The summed E-state index contributed by atoms with van der Waals surface area (Å²) < 4.78 is 0. The number of rotatable bonds is 1. The van der Waals surface area contributed by atoms with Gasteiger partial charge in [0.15, 0.2) is 0 Å². The average Bonchev–Trinajstić information content (AvgIpc) is 2.37. The third kappa shape index (κ3) is 0.995. The molecule has 0 bridgehead atoms. The maximum absolute atomic E-state index is 10.5. The molecular weight excluding hydrogens is 124 g/mol. The van der Waals surface area contributed by atoms with E-state index in [1.807, 2.05) is 5.43 Å².